The van der Waals surface area contributed by atoms with Crippen molar-refractivity contribution < 1.29 is 9.53 Å². The van der Waals surface area contributed by atoms with Gasteiger partial charge in [-0.05, 0) is 32.0 Å². The predicted molar refractivity (Wildman–Crippen MR) is 84.4 cm³/mol. The zero-order valence-corrected chi connectivity index (χ0v) is 14.5. The van der Waals surface area contributed by atoms with Crippen LogP contribution >= 0.6 is 31.9 Å². The SMILES string of the molecule is COc1cnn(C(C)C)c1C(=O)c1cc(Br)cc(Br)c1. The first kappa shape index (κ1) is 15.3. The average Bonchev–Trinajstić information content (AvgIpc) is 2.80. The van der Waals surface area contributed by atoms with Crippen LogP contribution < -0.4 is 4.74 Å². The summed E-state index contributed by atoms with van der Waals surface area (Å²) in [7, 11) is 1.54. The standard InChI is InChI=1S/C14H14Br2N2O2/c1-8(2)18-13(12(20-3)7-17-18)14(19)9-4-10(15)6-11(16)5-9/h4-8H,1-3H3. The van der Waals surface area contributed by atoms with Crippen molar-refractivity contribution in [2.45, 2.75) is 19.9 Å². The molecule has 2 aromatic rings. The molecule has 1 heterocycles. The zero-order valence-electron chi connectivity index (χ0n) is 11.4. The number of nitrogens with zero attached hydrogens (tertiary/aromatic N) is 2. The van der Waals surface area contributed by atoms with Crippen LogP contribution in [0.3, 0.4) is 0 Å². The van der Waals surface area contributed by atoms with Gasteiger partial charge in [-0.2, -0.15) is 5.10 Å². The van der Waals surface area contributed by atoms with Gasteiger partial charge >= 0.3 is 0 Å². The largest absolute Gasteiger partial charge is 0.493 e. The molecule has 106 valence electrons. The maximum Gasteiger partial charge on any atom is 0.214 e. The van der Waals surface area contributed by atoms with Crippen molar-refractivity contribution in [2.24, 2.45) is 0 Å². The van der Waals surface area contributed by atoms with E-state index in [1.807, 2.05) is 19.9 Å². The molecule has 0 amide bonds. The average molecular weight is 402 g/mol. The lowest BCUT2D eigenvalue weighted by Crippen LogP contribution is -2.14. The summed E-state index contributed by atoms with van der Waals surface area (Å²) >= 11 is 6.78. The van der Waals surface area contributed by atoms with Gasteiger partial charge in [0.25, 0.3) is 0 Å². The number of hydrogen-bond donors (Lipinski definition) is 0. The Morgan fingerprint density at radius 3 is 2.35 bits per heavy atom. The summed E-state index contributed by atoms with van der Waals surface area (Å²) in [4.78, 5) is 12.7. The van der Waals surface area contributed by atoms with Gasteiger partial charge < -0.3 is 4.74 Å². The van der Waals surface area contributed by atoms with Gasteiger partial charge in [-0.1, -0.05) is 31.9 Å². The second kappa shape index (κ2) is 6.10. The third-order valence-electron chi connectivity index (χ3n) is 2.81. The van der Waals surface area contributed by atoms with Crippen LogP contribution in [0.15, 0.2) is 33.3 Å². The highest BCUT2D eigenvalue weighted by molar-refractivity contribution is 9.11. The fraction of sp³-hybridized carbons (Fsp3) is 0.286. The minimum atomic E-state index is -0.116. The molecule has 1 aromatic carbocycles. The van der Waals surface area contributed by atoms with Crippen molar-refractivity contribution in [3.05, 3.63) is 44.6 Å². The molecule has 0 saturated carbocycles. The molecule has 0 N–H and O–H groups in total. The topological polar surface area (TPSA) is 44.1 Å². The number of methoxy groups -OCH3 is 1. The van der Waals surface area contributed by atoms with Gasteiger partial charge in [-0.25, -0.2) is 0 Å². The molecular weight excluding hydrogens is 388 g/mol. The summed E-state index contributed by atoms with van der Waals surface area (Å²) in [5, 5.41) is 4.23. The van der Waals surface area contributed by atoms with Crippen molar-refractivity contribution in [3.8, 4) is 5.75 Å². The second-order valence-electron chi connectivity index (χ2n) is 4.59. The van der Waals surface area contributed by atoms with Crippen molar-refractivity contribution in [3.63, 3.8) is 0 Å². The minimum Gasteiger partial charge on any atom is -0.493 e. The van der Waals surface area contributed by atoms with E-state index in [0.29, 0.717) is 17.0 Å². The summed E-state index contributed by atoms with van der Waals surface area (Å²) < 4.78 is 8.60. The number of carbonyl (C=O) groups is 1. The van der Waals surface area contributed by atoms with Crippen LogP contribution in [-0.4, -0.2) is 22.7 Å². The van der Waals surface area contributed by atoms with Gasteiger partial charge in [0.2, 0.25) is 5.78 Å². The number of hydrogen-bond acceptors (Lipinski definition) is 3. The van der Waals surface area contributed by atoms with Gasteiger partial charge in [0.05, 0.1) is 13.3 Å². The molecule has 0 fully saturated rings. The molecule has 1 aromatic heterocycles. The number of aromatic nitrogens is 2. The molecule has 0 unspecified atom stereocenters. The second-order valence-corrected chi connectivity index (χ2v) is 6.42. The van der Waals surface area contributed by atoms with Crippen LogP contribution in [-0.2, 0) is 0 Å². The van der Waals surface area contributed by atoms with Crippen molar-refractivity contribution in [2.75, 3.05) is 7.11 Å². The van der Waals surface area contributed by atoms with Gasteiger partial charge in [-0.15, -0.1) is 0 Å². The molecule has 0 radical (unpaired) electrons. The van der Waals surface area contributed by atoms with Gasteiger partial charge in [0, 0.05) is 20.6 Å². The molecule has 0 saturated heterocycles. The van der Waals surface area contributed by atoms with E-state index in [9.17, 15) is 4.79 Å². The summed E-state index contributed by atoms with van der Waals surface area (Å²) in [5.41, 5.74) is 1.04. The first-order valence-electron chi connectivity index (χ1n) is 6.06. The summed E-state index contributed by atoms with van der Waals surface area (Å²) in [5.74, 6) is 0.370. The number of benzene rings is 1. The highest BCUT2D eigenvalue weighted by Gasteiger charge is 2.22. The highest BCUT2D eigenvalue weighted by Crippen LogP contribution is 2.27. The Hall–Kier alpha value is -1.14. The Bertz CT molecular complexity index is 630. The molecular formula is C14H14Br2N2O2. The molecule has 4 nitrogen and oxygen atoms in total. The van der Waals surface area contributed by atoms with E-state index in [1.165, 1.54) is 7.11 Å². The highest BCUT2D eigenvalue weighted by atomic mass is 79.9. The number of ketones is 1. The lowest BCUT2D eigenvalue weighted by Gasteiger charge is -2.11. The molecule has 20 heavy (non-hydrogen) atoms. The molecule has 0 bridgehead atoms. The summed E-state index contributed by atoms with van der Waals surface area (Å²) in [6.07, 6.45) is 1.57. The van der Waals surface area contributed by atoms with Gasteiger partial charge in [-0.3, -0.25) is 9.48 Å². The Morgan fingerprint density at radius 1 is 1.25 bits per heavy atom. The van der Waals surface area contributed by atoms with E-state index in [-0.39, 0.29) is 11.8 Å². The van der Waals surface area contributed by atoms with Crippen molar-refractivity contribution >= 4 is 37.6 Å². The van der Waals surface area contributed by atoms with Crippen LogP contribution in [0, 0.1) is 0 Å². The molecule has 2 rings (SSSR count). The van der Waals surface area contributed by atoms with Crippen LogP contribution in [0.5, 0.6) is 5.75 Å². The fourth-order valence-corrected chi connectivity index (χ4v) is 3.22. The third kappa shape index (κ3) is 2.96. The minimum absolute atomic E-state index is 0.0773. The molecule has 6 heteroatoms. The first-order valence-corrected chi connectivity index (χ1v) is 7.65. The summed E-state index contributed by atoms with van der Waals surface area (Å²) in [6.45, 7) is 3.94. The Balaban J connectivity index is 2.55. The van der Waals surface area contributed by atoms with Crippen LogP contribution in [0.1, 0.15) is 35.9 Å². The molecule has 0 aliphatic rings. The van der Waals surface area contributed by atoms with Gasteiger partial charge in [0.1, 0.15) is 0 Å². The van der Waals surface area contributed by atoms with Gasteiger partial charge in [0.15, 0.2) is 11.4 Å². The maximum absolute atomic E-state index is 12.7. The van der Waals surface area contributed by atoms with E-state index in [1.54, 1.807) is 23.0 Å². The number of carbonyl (C=O) groups excluding carboxylic acids is 1. The van der Waals surface area contributed by atoms with E-state index >= 15 is 0 Å². The van der Waals surface area contributed by atoms with Crippen molar-refractivity contribution in [1.82, 2.24) is 9.78 Å². The molecule has 0 spiro atoms. The van der Waals surface area contributed by atoms with Crippen LogP contribution in [0.25, 0.3) is 0 Å². The Labute approximate surface area is 134 Å². The van der Waals surface area contributed by atoms with Crippen molar-refractivity contribution in [1.29, 1.82) is 0 Å². The van der Waals surface area contributed by atoms with E-state index in [4.69, 9.17) is 4.74 Å². The smallest absolute Gasteiger partial charge is 0.214 e. The quantitative estimate of drug-likeness (QED) is 0.720. The molecule has 0 aliphatic carbocycles. The first-order chi connectivity index (χ1) is 9.43. The Kier molecular flexibility index (Phi) is 4.65. The number of rotatable bonds is 4. The maximum atomic E-state index is 12.7. The number of halogens is 2. The zero-order chi connectivity index (χ0) is 14.9. The normalized spacial score (nSPS) is 10.9. The molecule has 0 aliphatic heterocycles. The fourth-order valence-electron chi connectivity index (χ4n) is 1.92. The monoisotopic (exact) mass is 400 g/mol. The summed E-state index contributed by atoms with van der Waals surface area (Å²) in [6, 6.07) is 5.52. The van der Waals surface area contributed by atoms with Crippen LogP contribution in [0.2, 0.25) is 0 Å². The third-order valence-corrected chi connectivity index (χ3v) is 3.73. The number of ether oxygens (including phenoxy) is 1. The van der Waals surface area contributed by atoms with E-state index in [2.05, 4.69) is 37.0 Å². The Morgan fingerprint density at radius 2 is 1.85 bits per heavy atom. The predicted octanol–water partition coefficient (Wildman–Crippen LogP) is 4.23. The van der Waals surface area contributed by atoms with E-state index in [0.717, 1.165) is 8.95 Å². The lowest BCUT2D eigenvalue weighted by atomic mass is 10.1. The van der Waals surface area contributed by atoms with E-state index < -0.39 is 0 Å². The van der Waals surface area contributed by atoms with Crippen LogP contribution in [0.4, 0.5) is 0 Å². The lowest BCUT2D eigenvalue weighted by molar-refractivity contribution is 0.102. The molecule has 0 atom stereocenters.